The molecule has 1 saturated heterocycles. The van der Waals surface area contributed by atoms with Crippen molar-refractivity contribution in [2.24, 2.45) is 11.8 Å². The molecule has 3 atom stereocenters. The highest BCUT2D eigenvalue weighted by Gasteiger charge is 2.51. The molecule has 0 N–H and O–H groups in total. The number of carbonyl (C=O) groups excluding carboxylic acids is 3. The van der Waals surface area contributed by atoms with Crippen LogP contribution in [-0.4, -0.2) is 65.8 Å². The summed E-state index contributed by atoms with van der Waals surface area (Å²) in [5.74, 6) is 0.566. The van der Waals surface area contributed by atoms with Gasteiger partial charge in [0.2, 0.25) is 17.7 Å². The monoisotopic (exact) mass is 446 g/mol. The molecule has 2 aliphatic rings. The highest BCUT2D eigenvalue weighted by Crippen LogP contribution is 2.39. The molecule has 3 amide bonds. The Hall–Kier alpha value is -2.02. The van der Waals surface area contributed by atoms with Gasteiger partial charge >= 0.3 is 0 Å². The third-order valence-electron chi connectivity index (χ3n) is 6.33. The maximum atomic E-state index is 13.3. The molecule has 1 saturated carbocycles. The highest BCUT2D eigenvalue weighted by atomic mass is 32.2. The van der Waals surface area contributed by atoms with Gasteiger partial charge in [-0.15, -0.1) is 0 Å². The Morgan fingerprint density at radius 2 is 1.71 bits per heavy atom. The van der Waals surface area contributed by atoms with Crippen molar-refractivity contribution in [2.75, 3.05) is 32.2 Å². The lowest BCUT2D eigenvalue weighted by Crippen LogP contribution is -2.51. The van der Waals surface area contributed by atoms with Gasteiger partial charge in [0.05, 0.1) is 18.4 Å². The van der Waals surface area contributed by atoms with Gasteiger partial charge in [-0.25, -0.2) is 0 Å². The van der Waals surface area contributed by atoms with E-state index in [-0.39, 0.29) is 29.6 Å². The maximum Gasteiger partial charge on any atom is 0.245 e. The summed E-state index contributed by atoms with van der Waals surface area (Å²) in [6.07, 6.45) is 5.93. The average Bonchev–Trinajstić information content (AvgIpc) is 2.98. The number of carbonyl (C=O) groups is 3. The molecule has 6 nitrogen and oxygen atoms in total. The van der Waals surface area contributed by atoms with Crippen molar-refractivity contribution in [3.63, 3.8) is 0 Å². The molecule has 0 bridgehead atoms. The van der Waals surface area contributed by atoms with Gasteiger partial charge in [0.15, 0.2) is 0 Å². The second-order valence-electron chi connectivity index (χ2n) is 8.77. The predicted molar refractivity (Wildman–Crippen MR) is 123 cm³/mol. The van der Waals surface area contributed by atoms with Crippen LogP contribution in [0.25, 0.3) is 0 Å². The van der Waals surface area contributed by atoms with E-state index >= 15 is 0 Å². The van der Waals surface area contributed by atoms with E-state index in [9.17, 15) is 14.4 Å². The van der Waals surface area contributed by atoms with E-state index in [1.54, 1.807) is 23.7 Å². The minimum atomic E-state index is -0.718. The molecule has 0 aromatic heterocycles. The largest absolute Gasteiger partial charge is 0.492 e. The topological polar surface area (TPSA) is 66.9 Å². The number of fused-ring (bicyclic) bond motifs is 1. The summed E-state index contributed by atoms with van der Waals surface area (Å²) in [6.45, 7) is 4.79. The lowest BCUT2D eigenvalue weighted by molar-refractivity contribution is -0.151. The first-order valence-electron chi connectivity index (χ1n) is 11.2. The number of aryl methyl sites for hydroxylation is 2. The quantitative estimate of drug-likeness (QED) is 0.544. The fourth-order valence-electron chi connectivity index (χ4n) is 4.77. The summed E-state index contributed by atoms with van der Waals surface area (Å²) in [7, 11) is 1.72. The number of likely N-dealkylation sites (tertiary alicyclic amines) is 1. The van der Waals surface area contributed by atoms with Gasteiger partial charge in [0, 0.05) is 7.05 Å². The second kappa shape index (κ2) is 10.5. The van der Waals surface area contributed by atoms with Crippen LogP contribution in [0.3, 0.4) is 0 Å². The molecule has 7 heteroatoms. The van der Waals surface area contributed by atoms with Crippen LogP contribution < -0.4 is 4.74 Å². The summed E-state index contributed by atoms with van der Waals surface area (Å²) in [5.41, 5.74) is 2.26. The smallest absolute Gasteiger partial charge is 0.245 e. The maximum absolute atomic E-state index is 13.3. The molecule has 170 valence electrons. The van der Waals surface area contributed by atoms with Crippen molar-refractivity contribution >= 4 is 29.5 Å². The van der Waals surface area contributed by atoms with E-state index in [2.05, 4.69) is 6.07 Å². The highest BCUT2D eigenvalue weighted by molar-refractivity contribution is 7.98. The summed E-state index contributed by atoms with van der Waals surface area (Å²) in [5, 5.41) is 0. The summed E-state index contributed by atoms with van der Waals surface area (Å²) >= 11 is 1.62. The van der Waals surface area contributed by atoms with E-state index in [1.165, 1.54) is 4.90 Å². The molecule has 31 heavy (non-hydrogen) atoms. The Balaban J connectivity index is 1.66. The lowest BCUT2D eigenvalue weighted by atomic mass is 9.81. The molecule has 3 rings (SSSR count). The number of hydrogen-bond acceptors (Lipinski definition) is 5. The number of rotatable bonds is 9. The summed E-state index contributed by atoms with van der Waals surface area (Å²) < 4.78 is 5.85. The first kappa shape index (κ1) is 23.6. The van der Waals surface area contributed by atoms with Crippen molar-refractivity contribution < 1.29 is 19.1 Å². The Bertz CT molecular complexity index is 784. The average molecular weight is 447 g/mol. The Kier molecular flexibility index (Phi) is 8.03. The van der Waals surface area contributed by atoms with Crippen LogP contribution >= 0.6 is 11.8 Å². The molecule has 0 spiro atoms. The van der Waals surface area contributed by atoms with E-state index in [0.29, 0.717) is 19.6 Å². The van der Waals surface area contributed by atoms with Gasteiger partial charge in [-0.1, -0.05) is 18.9 Å². The van der Waals surface area contributed by atoms with Crippen LogP contribution in [0.15, 0.2) is 18.2 Å². The lowest BCUT2D eigenvalue weighted by Gasteiger charge is -2.29. The molecule has 2 fully saturated rings. The van der Waals surface area contributed by atoms with Crippen LogP contribution in [-0.2, 0) is 14.4 Å². The Morgan fingerprint density at radius 1 is 1.13 bits per heavy atom. The number of ether oxygens (including phenoxy) is 1. The van der Waals surface area contributed by atoms with Crippen molar-refractivity contribution in [2.45, 2.75) is 52.0 Å². The van der Waals surface area contributed by atoms with E-state index in [4.69, 9.17) is 4.74 Å². The van der Waals surface area contributed by atoms with E-state index in [0.717, 1.165) is 48.3 Å². The van der Waals surface area contributed by atoms with Crippen molar-refractivity contribution in [1.29, 1.82) is 0 Å². The van der Waals surface area contributed by atoms with Gasteiger partial charge in [-0.3, -0.25) is 19.3 Å². The summed E-state index contributed by atoms with van der Waals surface area (Å²) in [6, 6.07) is 5.31. The molecular weight excluding hydrogens is 412 g/mol. The van der Waals surface area contributed by atoms with Crippen LogP contribution in [0.1, 0.15) is 43.2 Å². The molecule has 3 unspecified atom stereocenters. The van der Waals surface area contributed by atoms with Gasteiger partial charge in [-0.2, -0.15) is 11.8 Å². The van der Waals surface area contributed by atoms with Crippen LogP contribution in [0.2, 0.25) is 0 Å². The molecule has 1 aromatic rings. The van der Waals surface area contributed by atoms with Crippen molar-refractivity contribution in [3.05, 3.63) is 29.3 Å². The number of thioether (sulfide) groups is 1. The number of likely N-dealkylation sites (N-methyl/N-ethyl adjacent to an activating group) is 1. The van der Waals surface area contributed by atoms with Crippen LogP contribution in [0, 0.1) is 25.7 Å². The SMILES string of the molecule is CSCCC(C(=O)N(C)CCOc1cc(C)cc(C)c1)N1C(=O)C2CCCCC2C1=O. The molecule has 1 aromatic carbocycles. The Morgan fingerprint density at radius 3 is 2.26 bits per heavy atom. The van der Waals surface area contributed by atoms with Crippen molar-refractivity contribution in [3.8, 4) is 5.75 Å². The van der Waals surface area contributed by atoms with Crippen LogP contribution in [0.5, 0.6) is 5.75 Å². The zero-order valence-corrected chi connectivity index (χ0v) is 19.9. The first-order chi connectivity index (χ1) is 14.8. The fourth-order valence-corrected chi connectivity index (χ4v) is 5.23. The Labute approximate surface area is 189 Å². The number of imide groups is 1. The zero-order valence-electron chi connectivity index (χ0n) is 19.1. The number of amides is 3. The summed E-state index contributed by atoms with van der Waals surface area (Å²) in [4.78, 5) is 42.3. The second-order valence-corrected chi connectivity index (χ2v) is 9.76. The van der Waals surface area contributed by atoms with E-state index < -0.39 is 6.04 Å². The predicted octanol–water partition coefficient (Wildman–Crippen LogP) is 3.44. The van der Waals surface area contributed by atoms with Gasteiger partial charge in [0.1, 0.15) is 18.4 Å². The normalized spacial score (nSPS) is 21.7. The minimum Gasteiger partial charge on any atom is -0.492 e. The molecule has 1 heterocycles. The molecular formula is C24H34N2O4S. The van der Waals surface area contributed by atoms with Crippen LogP contribution in [0.4, 0.5) is 0 Å². The zero-order chi connectivity index (χ0) is 22.5. The van der Waals surface area contributed by atoms with Crippen molar-refractivity contribution in [1.82, 2.24) is 9.80 Å². The number of nitrogens with zero attached hydrogens (tertiary/aromatic N) is 2. The molecule has 0 radical (unpaired) electrons. The third-order valence-corrected chi connectivity index (χ3v) is 6.98. The van der Waals surface area contributed by atoms with E-state index in [1.807, 2.05) is 32.2 Å². The third kappa shape index (κ3) is 5.43. The standard InChI is InChI=1S/C24H34N2O4S/c1-16-13-17(2)15-18(14-16)30-11-10-25(3)24(29)21(9-12-31-4)26-22(27)19-7-5-6-8-20(19)23(26)28/h13-15,19-21H,5-12H2,1-4H3. The van der Waals surface area contributed by atoms with Gasteiger partial charge < -0.3 is 9.64 Å². The van der Waals surface area contributed by atoms with Gasteiger partial charge in [-0.05, 0) is 68.4 Å². The van der Waals surface area contributed by atoms with Gasteiger partial charge in [0.25, 0.3) is 0 Å². The molecule has 1 aliphatic heterocycles. The fraction of sp³-hybridized carbons (Fsp3) is 0.625. The minimum absolute atomic E-state index is 0.144. The number of benzene rings is 1. The molecule has 1 aliphatic carbocycles. The first-order valence-corrected chi connectivity index (χ1v) is 12.5. The number of hydrogen-bond donors (Lipinski definition) is 0.